The van der Waals surface area contributed by atoms with Crippen LogP contribution >= 0.6 is 11.8 Å². The van der Waals surface area contributed by atoms with Gasteiger partial charge in [-0.3, -0.25) is 4.79 Å². The van der Waals surface area contributed by atoms with Gasteiger partial charge >= 0.3 is 0 Å². The first kappa shape index (κ1) is 21.2. The first-order valence-electron chi connectivity index (χ1n) is 10.0. The predicted octanol–water partition coefficient (Wildman–Crippen LogP) is 6.70. The summed E-state index contributed by atoms with van der Waals surface area (Å²) in [6.45, 7) is 10.5. The number of benzene rings is 3. The summed E-state index contributed by atoms with van der Waals surface area (Å²) in [6, 6.07) is 20.8. The normalized spacial score (nSPS) is 11.9. The Hall–Kier alpha value is -2.52. The zero-order valence-electron chi connectivity index (χ0n) is 17.9. The predicted molar refractivity (Wildman–Crippen MR) is 124 cm³/mol. The van der Waals surface area contributed by atoms with Crippen molar-refractivity contribution in [2.24, 2.45) is 0 Å². The molecule has 0 saturated heterocycles. The average Bonchev–Trinajstić information content (AvgIpc) is 2.70. The van der Waals surface area contributed by atoms with Gasteiger partial charge in [-0.05, 0) is 86.7 Å². The summed E-state index contributed by atoms with van der Waals surface area (Å²) in [5.41, 5.74) is 8.10. The maximum atomic E-state index is 12.7. The third kappa shape index (κ3) is 5.51. The van der Waals surface area contributed by atoms with Crippen molar-refractivity contribution in [3.8, 4) is 0 Å². The molecule has 1 N–H and O–H groups in total. The maximum absolute atomic E-state index is 12.7. The van der Waals surface area contributed by atoms with Crippen molar-refractivity contribution >= 4 is 17.7 Å². The third-order valence-corrected chi connectivity index (χ3v) is 6.42. The van der Waals surface area contributed by atoms with E-state index in [2.05, 4.69) is 69.4 Å². The smallest absolute Gasteiger partial charge is 0.251 e. The molecule has 3 rings (SSSR count). The van der Waals surface area contributed by atoms with E-state index in [1.807, 2.05) is 43.0 Å². The highest BCUT2D eigenvalue weighted by Gasteiger charge is 2.14. The number of hydrogen-bond acceptors (Lipinski definition) is 2. The highest BCUT2D eigenvalue weighted by Crippen LogP contribution is 2.24. The molecule has 3 aromatic rings. The molecule has 0 heterocycles. The van der Waals surface area contributed by atoms with Crippen molar-refractivity contribution in [2.45, 2.75) is 51.3 Å². The summed E-state index contributed by atoms with van der Waals surface area (Å²) in [4.78, 5) is 14.0. The Kier molecular flexibility index (Phi) is 6.81. The van der Waals surface area contributed by atoms with Gasteiger partial charge in [-0.25, -0.2) is 0 Å². The van der Waals surface area contributed by atoms with E-state index in [1.165, 1.54) is 38.3 Å². The van der Waals surface area contributed by atoms with Gasteiger partial charge in [0.1, 0.15) is 0 Å². The van der Waals surface area contributed by atoms with E-state index in [1.54, 1.807) is 0 Å². The molecule has 0 aliphatic heterocycles. The summed E-state index contributed by atoms with van der Waals surface area (Å²) < 4.78 is 0. The van der Waals surface area contributed by atoms with Gasteiger partial charge in [-0.2, -0.15) is 0 Å². The zero-order chi connectivity index (χ0) is 21.0. The van der Waals surface area contributed by atoms with Gasteiger partial charge in [-0.15, -0.1) is 11.8 Å². The Balaban J connectivity index is 1.61. The molecule has 0 radical (unpaired) electrons. The number of hydrogen-bond donors (Lipinski definition) is 1. The Labute approximate surface area is 178 Å². The highest BCUT2D eigenvalue weighted by atomic mass is 32.2. The molecule has 0 saturated carbocycles. The first-order valence-corrected chi connectivity index (χ1v) is 11.0. The molecule has 29 heavy (non-hydrogen) atoms. The van der Waals surface area contributed by atoms with Crippen LogP contribution in [-0.2, 0) is 5.75 Å². The number of aryl methyl sites for hydroxylation is 4. The molecule has 0 fully saturated rings. The molecule has 0 aliphatic rings. The molecular weight excluding hydrogens is 374 g/mol. The fraction of sp³-hybridized carbons (Fsp3) is 0.269. The van der Waals surface area contributed by atoms with Crippen LogP contribution < -0.4 is 5.32 Å². The van der Waals surface area contributed by atoms with Crippen LogP contribution in [0, 0.1) is 27.7 Å². The van der Waals surface area contributed by atoms with Crippen LogP contribution in [0.1, 0.15) is 56.7 Å². The lowest BCUT2D eigenvalue weighted by molar-refractivity contribution is 0.0940. The quantitative estimate of drug-likeness (QED) is 0.464. The minimum atomic E-state index is -0.0344. The molecule has 0 spiro atoms. The van der Waals surface area contributed by atoms with Crippen LogP contribution in [0.3, 0.4) is 0 Å². The van der Waals surface area contributed by atoms with E-state index < -0.39 is 0 Å². The second kappa shape index (κ2) is 9.32. The topological polar surface area (TPSA) is 29.1 Å². The summed E-state index contributed by atoms with van der Waals surface area (Å²) in [6.07, 6.45) is 0. The molecule has 0 aromatic heterocycles. The summed E-state index contributed by atoms with van der Waals surface area (Å²) in [7, 11) is 0. The molecule has 2 nitrogen and oxygen atoms in total. The number of carbonyl (C=O) groups is 1. The van der Waals surface area contributed by atoms with Gasteiger partial charge in [0.2, 0.25) is 0 Å². The van der Waals surface area contributed by atoms with Gasteiger partial charge in [0.25, 0.3) is 5.91 Å². The molecule has 150 valence electrons. The van der Waals surface area contributed by atoms with Crippen molar-refractivity contribution in [1.82, 2.24) is 5.32 Å². The van der Waals surface area contributed by atoms with Crippen LogP contribution in [0.4, 0.5) is 0 Å². The Bertz CT molecular complexity index is 990. The minimum absolute atomic E-state index is 0.0291. The first-order chi connectivity index (χ1) is 13.8. The number of nitrogens with one attached hydrogen (secondary N) is 1. The van der Waals surface area contributed by atoms with E-state index >= 15 is 0 Å². The molecule has 1 amide bonds. The minimum Gasteiger partial charge on any atom is -0.346 e. The lowest BCUT2D eigenvalue weighted by Gasteiger charge is -2.18. The van der Waals surface area contributed by atoms with Gasteiger partial charge in [-0.1, -0.05) is 42.0 Å². The Morgan fingerprint density at radius 1 is 0.862 bits per heavy atom. The van der Waals surface area contributed by atoms with Crippen molar-refractivity contribution in [3.05, 3.63) is 99.6 Å². The summed E-state index contributed by atoms with van der Waals surface area (Å²) in [5, 5.41) is 3.14. The Morgan fingerprint density at radius 3 is 2.14 bits per heavy atom. The third-order valence-electron chi connectivity index (χ3n) is 5.34. The molecule has 1 atom stereocenters. The fourth-order valence-electron chi connectivity index (χ4n) is 3.36. The molecular formula is C26H29NOS. The fourth-order valence-corrected chi connectivity index (χ4v) is 4.21. The zero-order valence-corrected chi connectivity index (χ0v) is 18.7. The standard InChI is InChI=1S/C26H29NOS/c1-17-6-12-24(13-7-17)29-16-22-8-10-23(11-9-22)26(28)27-21(5)25-15-19(3)18(2)14-20(25)4/h6-15,21H,16H2,1-5H3,(H,27,28)/t21-/m1/s1. The van der Waals surface area contributed by atoms with E-state index in [0.29, 0.717) is 5.56 Å². The number of amides is 1. The monoisotopic (exact) mass is 403 g/mol. The maximum Gasteiger partial charge on any atom is 0.251 e. The molecule has 3 heteroatoms. The van der Waals surface area contributed by atoms with Gasteiger partial charge in [0.15, 0.2) is 0 Å². The van der Waals surface area contributed by atoms with Crippen LogP contribution in [0.15, 0.2) is 65.6 Å². The number of thioether (sulfide) groups is 1. The van der Waals surface area contributed by atoms with Crippen LogP contribution in [0.2, 0.25) is 0 Å². The molecule has 0 aliphatic carbocycles. The number of rotatable bonds is 6. The van der Waals surface area contributed by atoms with Crippen LogP contribution in [0.25, 0.3) is 0 Å². The van der Waals surface area contributed by atoms with Gasteiger partial charge < -0.3 is 5.32 Å². The van der Waals surface area contributed by atoms with Crippen molar-refractivity contribution in [3.63, 3.8) is 0 Å². The summed E-state index contributed by atoms with van der Waals surface area (Å²) in [5.74, 6) is 0.858. The SMILES string of the molecule is Cc1ccc(SCc2ccc(C(=O)N[C@H](C)c3cc(C)c(C)cc3C)cc2)cc1. The van der Waals surface area contributed by atoms with Crippen molar-refractivity contribution in [1.29, 1.82) is 0 Å². The van der Waals surface area contributed by atoms with E-state index in [-0.39, 0.29) is 11.9 Å². The molecule has 0 unspecified atom stereocenters. The van der Waals surface area contributed by atoms with Crippen molar-refractivity contribution < 1.29 is 4.79 Å². The largest absolute Gasteiger partial charge is 0.346 e. The van der Waals surface area contributed by atoms with E-state index in [4.69, 9.17) is 0 Å². The van der Waals surface area contributed by atoms with E-state index in [0.717, 1.165) is 5.75 Å². The average molecular weight is 404 g/mol. The highest BCUT2D eigenvalue weighted by molar-refractivity contribution is 7.98. The lowest BCUT2D eigenvalue weighted by atomic mass is 9.96. The van der Waals surface area contributed by atoms with Crippen LogP contribution in [-0.4, -0.2) is 5.91 Å². The molecule has 3 aromatic carbocycles. The van der Waals surface area contributed by atoms with Gasteiger partial charge in [0.05, 0.1) is 6.04 Å². The Morgan fingerprint density at radius 2 is 1.48 bits per heavy atom. The summed E-state index contributed by atoms with van der Waals surface area (Å²) >= 11 is 1.81. The van der Waals surface area contributed by atoms with Crippen molar-refractivity contribution in [2.75, 3.05) is 0 Å². The van der Waals surface area contributed by atoms with Crippen LogP contribution in [0.5, 0.6) is 0 Å². The number of carbonyl (C=O) groups excluding carboxylic acids is 1. The molecule has 0 bridgehead atoms. The second-order valence-corrected chi connectivity index (χ2v) is 8.84. The second-order valence-electron chi connectivity index (χ2n) is 7.79. The lowest BCUT2D eigenvalue weighted by Crippen LogP contribution is -2.27. The van der Waals surface area contributed by atoms with E-state index in [9.17, 15) is 4.79 Å². The van der Waals surface area contributed by atoms with Gasteiger partial charge in [0, 0.05) is 16.2 Å².